The summed E-state index contributed by atoms with van der Waals surface area (Å²) in [5, 5.41) is 14.3. The summed E-state index contributed by atoms with van der Waals surface area (Å²) in [6.07, 6.45) is 0. The lowest BCUT2D eigenvalue weighted by atomic mass is 10.1. The van der Waals surface area contributed by atoms with Crippen molar-refractivity contribution in [3.63, 3.8) is 0 Å². The monoisotopic (exact) mass is 169 g/mol. The molecule has 1 atom stereocenters. The van der Waals surface area contributed by atoms with Crippen molar-refractivity contribution in [3.05, 3.63) is 0 Å². The predicted octanol–water partition coefficient (Wildman–Crippen LogP) is 0.666. The van der Waals surface area contributed by atoms with Crippen LogP contribution in [0.15, 0.2) is 0 Å². The molecule has 1 aromatic heterocycles. The Bertz CT molecular complexity index is 242. The van der Waals surface area contributed by atoms with Crippen LogP contribution in [0.2, 0.25) is 0 Å². The number of aryl methyl sites for hydroxylation is 1. The van der Waals surface area contributed by atoms with Crippen molar-refractivity contribution in [3.8, 4) is 0 Å². The summed E-state index contributed by atoms with van der Waals surface area (Å²) in [4.78, 5) is 0. The Labute approximate surface area is 72.2 Å². The smallest absolute Gasteiger partial charge is 0.242 e. The van der Waals surface area contributed by atoms with Gasteiger partial charge < -0.3 is 5.32 Å². The first kappa shape index (κ1) is 8.96. The zero-order chi connectivity index (χ0) is 9.14. The van der Waals surface area contributed by atoms with Crippen LogP contribution in [0.25, 0.3) is 0 Å². The average Bonchev–Trinajstić information content (AvgIpc) is 2.36. The molecule has 0 aliphatic carbocycles. The lowest BCUT2D eigenvalue weighted by molar-refractivity contribution is 0.552. The summed E-state index contributed by atoms with van der Waals surface area (Å²) < 4.78 is 1.62. The van der Waals surface area contributed by atoms with Crippen molar-refractivity contribution in [2.45, 2.75) is 26.8 Å². The highest BCUT2D eigenvalue weighted by Crippen LogP contribution is 2.06. The summed E-state index contributed by atoms with van der Waals surface area (Å²) in [5.74, 6) is 1.29. The summed E-state index contributed by atoms with van der Waals surface area (Å²) in [5.41, 5.74) is 0. The van der Waals surface area contributed by atoms with Gasteiger partial charge in [-0.3, -0.25) is 0 Å². The number of hydrogen-bond donors (Lipinski definition) is 1. The molecule has 0 spiro atoms. The average molecular weight is 169 g/mol. The van der Waals surface area contributed by atoms with Crippen molar-refractivity contribution in [2.24, 2.45) is 13.0 Å². The molecule has 1 aromatic rings. The number of nitrogens with zero attached hydrogens (tertiary/aromatic N) is 4. The van der Waals surface area contributed by atoms with E-state index in [-0.39, 0.29) is 0 Å². The zero-order valence-electron chi connectivity index (χ0n) is 7.94. The third-order valence-corrected chi connectivity index (χ3v) is 1.98. The zero-order valence-corrected chi connectivity index (χ0v) is 7.94. The van der Waals surface area contributed by atoms with Crippen LogP contribution in [-0.2, 0) is 7.05 Å². The van der Waals surface area contributed by atoms with Crippen LogP contribution in [-0.4, -0.2) is 26.2 Å². The molecule has 0 aliphatic heterocycles. The molecule has 0 amide bonds. The first-order chi connectivity index (χ1) is 5.61. The molecular weight excluding hydrogens is 154 g/mol. The van der Waals surface area contributed by atoms with E-state index in [1.165, 1.54) is 0 Å². The second-order valence-corrected chi connectivity index (χ2v) is 3.30. The molecule has 0 fully saturated rings. The summed E-state index contributed by atoms with van der Waals surface area (Å²) in [6.45, 7) is 6.42. The van der Waals surface area contributed by atoms with Crippen LogP contribution in [0, 0.1) is 5.92 Å². The molecule has 0 radical (unpaired) electrons. The molecule has 5 heteroatoms. The van der Waals surface area contributed by atoms with Crippen LogP contribution >= 0.6 is 0 Å². The van der Waals surface area contributed by atoms with Crippen molar-refractivity contribution in [1.82, 2.24) is 20.2 Å². The fraction of sp³-hybridized carbons (Fsp3) is 0.857. The van der Waals surface area contributed by atoms with Crippen LogP contribution in [0.1, 0.15) is 20.8 Å². The number of nitrogens with one attached hydrogen (secondary N) is 1. The minimum atomic E-state index is 0.384. The Balaban J connectivity index is 2.58. The van der Waals surface area contributed by atoms with Crippen LogP contribution in [0.4, 0.5) is 5.95 Å². The van der Waals surface area contributed by atoms with Gasteiger partial charge in [0.05, 0.1) is 0 Å². The van der Waals surface area contributed by atoms with Gasteiger partial charge in [-0.15, -0.1) is 0 Å². The van der Waals surface area contributed by atoms with E-state index in [2.05, 4.69) is 41.6 Å². The Morgan fingerprint density at radius 3 is 2.42 bits per heavy atom. The van der Waals surface area contributed by atoms with Gasteiger partial charge in [-0.25, -0.2) is 4.68 Å². The number of aromatic nitrogens is 4. The predicted molar refractivity (Wildman–Crippen MR) is 46.7 cm³/mol. The van der Waals surface area contributed by atoms with E-state index < -0.39 is 0 Å². The number of anilines is 1. The molecule has 5 nitrogen and oxygen atoms in total. The second kappa shape index (κ2) is 3.51. The van der Waals surface area contributed by atoms with E-state index in [0.717, 1.165) is 5.95 Å². The van der Waals surface area contributed by atoms with E-state index >= 15 is 0 Å². The Morgan fingerprint density at radius 2 is 2.00 bits per heavy atom. The normalized spacial score (nSPS) is 13.4. The Hall–Kier alpha value is -1.13. The maximum absolute atomic E-state index is 3.83. The molecule has 0 saturated carbocycles. The van der Waals surface area contributed by atoms with Crippen molar-refractivity contribution in [1.29, 1.82) is 0 Å². The van der Waals surface area contributed by atoms with Crippen LogP contribution in [0.5, 0.6) is 0 Å². The summed E-state index contributed by atoms with van der Waals surface area (Å²) >= 11 is 0. The quantitative estimate of drug-likeness (QED) is 0.722. The molecule has 1 rings (SSSR count). The third kappa shape index (κ3) is 1.93. The maximum Gasteiger partial charge on any atom is 0.242 e. The third-order valence-electron chi connectivity index (χ3n) is 1.98. The standard InChI is InChI=1S/C7H15N5/c1-5(2)6(3)8-7-9-10-11-12(7)4/h5-6H,1-4H3,(H,8,9,11). The highest BCUT2D eigenvalue weighted by atomic mass is 15.6. The maximum atomic E-state index is 3.83. The van der Waals surface area contributed by atoms with Gasteiger partial charge >= 0.3 is 0 Å². The summed E-state index contributed by atoms with van der Waals surface area (Å²) in [6, 6.07) is 0.384. The molecule has 1 unspecified atom stereocenters. The number of rotatable bonds is 3. The molecule has 68 valence electrons. The first-order valence-electron chi connectivity index (χ1n) is 4.10. The van der Waals surface area contributed by atoms with E-state index in [1.807, 2.05) is 7.05 Å². The van der Waals surface area contributed by atoms with Gasteiger partial charge in [0.25, 0.3) is 0 Å². The van der Waals surface area contributed by atoms with Crippen molar-refractivity contribution < 1.29 is 0 Å². The van der Waals surface area contributed by atoms with Gasteiger partial charge in [-0.2, -0.15) is 0 Å². The number of tetrazole rings is 1. The minimum Gasteiger partial charge on any atom is -0.350 e. The van der Waals surface area contributed by atoms with Gasteiger partial charge in [0, 0.05) is 13.1 Å². The van der Waals surface area contributed by atoms with E-state index in [4.69, 9.17) is 0 Å². The second-order valence-electron chi connectivity index (χ2n) is 3.30. The fourth-order valence-corrected chi connectivity index (χ4v) is 0.722. The first-order valence-corrected chi connectivity index (χ1v) is 4.10. The van der Waals surface area contributed by atoms with Crippen LogP contribution < -0.4 is 5.32 Å². The highest BCUT2D eigenvalue weighted by molar-refractivity contribution is 5.22. The topological polar surface area (TPSA) is 55.6 Å². The van der Waals surface area contributed by atoms with E-state index in [1.54, 1.807) is 4.68 Å². The van der Waals surface area contributed by atoms with Crippen molar-refractivity contribution >= 4 is 5.95 Å². The largest absolute Gasteiger partial charge is 0.350 e. The SMILES string of the molecule is CC(C)C(C)Nc1nnnn1C. The molecule has 0 saturated heterocycles. The van der Waals surface area contributed by atoms with E-state index in [0.29, 0.717) is 12.0 Å². The number of hydrogen-bond acceptors (Lipinski definition) is 4. The fourth-order valence-electron chi connectivity index (χ4n) is 0.722. The van der Waals surface area contributed by atoms with Gasteiger partial charge in [0.15, 0.2) is 0 Å². The van der Waals surface area contributed by atoms with Gasteiger partial charge in [0.2, 0.25) is 5.95 Å². The lowest BCUT2D eigenvalue weighted by Crippen LogP contribution is -2.23. The van der Waals surface area contributed by atoms with E-state index in [9.17, 15) is 0 Å². The van der Waals surface area contributed by atoms with Gasteiger partial charge in [-0.1, -0.05) is 18.9 Å². The highest BCUT2D eigenvalue weighted by Gasteiger charge is 2.09. The molecule has 1 heterocycles. The molecular formula is C7H15N5. The molecule has 0 aliphatic rings. The van der Waals surface area contributed by atoms with Crippen molar-refractivity contribution in [2.75, 3.05) is 5.32 Å². The minimum absolute atomic E-state index is 0.384. The molecule has 1 N–H and O–H groups in total. The Morgan fingerprint density at radius 1 is 1.33 bits per heavy atom. The lowest BCUT2D eigenvalue weighted by Gasteiger charge is -2.16. The van der Waals surface area contributed by atoms with Gasteiger partial charge in [-0.05, 0) is 23.3 Å². The Kier molecular flexibility index (Phi) is 2.62. The van der Waals surface area contributed by atoms with Crippen LogP contribution in [0.3, 0.4) is 0 Å². The molecule has 0 bridgehead atoms. The van der Waals surface area contributed by atoms with Gasteiger partial charge in [0.1, 0.15) is 0 Å². The summed E-state index contributed by atoms with van der Waals surface area (Å²) in [7, 11) is 1.81. The molecule has 12 heavy (non-hydrogen) atoms. The molecule has 0 aromatic carbocycles.